The SMILES string of the molecule is C[C@@H](NC(=O)c1cc(N2C(=O)CCS2(=O)=O)ccc1Cl)c1ccccc1. The van der Waals surface area contributed by atoms with Gasteiger partial charge in [0.15, 0.2) is 0 Å². The Labute approximate surface area is 156 Å². The van der Waals surface area contributed by atoms with Crippen molar-refractivity contribution in [2.45, 2.75) is 19.4 Å². The molecule has 0 bridgehead atoms. The van der Waals surface area contributed by atoms with Crippen LogP contribution in [0.4, 0.5) is 5.69 Å². The molecule has 6 nitrogen and oxygen atoms in total. The number of hydrogen-bond donors (Lipinski definition) is 1. The van der Waals surface area contributed by atoms with Crippen molar-refractivity contribution in [3.63, 3.8) is 0 Å². The summed E-state index contributed by atoms with van der Waals surface area (Å²) in [6.45, 7) is 1.83. The minimum atomic E-state index is -3.70. The van der Waals surface area contributed by atoms with Crippen LogP contribution in [0, 0.1) is 0 Å². The molecule has 1 aliphatic rings. The highest BCUT2D eigenvalue weighted by molar-refractivity contribution is 7.94. The predicted molar refractivity (Wildman–Crippen MR) is 99.7 cm³/mol. The molecule has 1 N–H and O–H groups in total. The number of hydrogen-bond acceptors (Lipinski definition) is 4. The van der Waals surface area contributed by atoms with Crippen LogP contribution in [-0.2, 0) is 14.8 Å². The first-order valence-corrected chi connectivity index (χ1v) is 9.99. The summed E-state index contributed by atoms with van der Waals surface area (Å²) >= 11 is 6.12. The molecule has 26 heavy (non-hydrogen) atoms. The molecule has 0 aliphatic carbocycles. The van der Waals surface area contributed by atoms with E-state index in [2.05, 4.69) is 5.32 Å². The number of amides is 2. The lowest BCUT2D eigenvalue weighted by molar-refractivity contribution is -0.116. The highest BCUT2D eigenvalue weighted by atomic mass is 35.5. The van der Waals surface area contributed by atoms with Crippen LogP contribution in [0.1, 0.15) is 35.3 Å². The standard InChI is InChI=1S/C18H17ClN2O4S/c1-12(13-5-3-2-4-6-13)20-18(23)15-11-14(7-8-16(15)19)21-17(22)9-10-26(21,24)25/h2-8,11-12H,9-10H2,1H3,(H,20,23)/t12-/m1/s1. The maximum atomic E-state index is 12.6. The maximum Gasteiger partial charge on any atom is 0.253 e. The van der Waals surface area contributed by atoms with E-state index in [0.717, 1.165) is 9.87 Å². The molecule has 0 aromatic heterocycles. The molecular formula is C18H17ClN2O4S. The van der Waals surface area contributed by atoms with Gasteiger partial charge >= 0.3 is 0 Å². The van der Waals surface area contributed by atoms with Gasteiger partial charge in [0.2, 0.25) is 15.9 Å². The Bertz CT molecular complexity index is 960. The minimum absolute atomic E-state index is 0.0719. The number of carbonyl (C=O) groups is 2. The van der Waals surface area contributed by atoms with Crippen LogP contribution in [0.5, 0.6) is 0 Å². The molecule has 136 valence electrons. The Hall–Kier alpha value is -2.38. The Morgan fingerprint density at radius 2 is 1.88 bits per heavy atom. The fraction of sp³-hybridized carbons (Fsp3) is 0.222. The van der Waals surface area contributed by atoms with Crippen molar-refractivity contribution in [3.05, 3.63) is 64.7 Å². The molecule has 0 spiro atoms. The van der Waals surface area contributed by atoms with Crippen LogP contribution in [0.25, 0.3) is 0 Å². The summed E-state index contributed by atoms with van der Waals surface area (Å²) in [5.41, 5.74) is 1.15. The predicted octanol–water partition coefficient (Wildman–Crippen LogP) is 2.90. The van der Waals surface area contributed by atoms with Gasteiger partial charge in [-0.3, -0.25) is 9.59 Å². The van der Waals surface area contributed by atoms with Crippen LogP contribution >= 0.6 is 11.6 Å². The summed E-state index contributed by atoms with van der Waals surface area (Å²) in [5.74, 6) is -1.20. The molecular weight excluding hydrogens is 376 g/mol. The van der Waals surface area contributed by atoms with Gasteiger partial charge in [-0.2, -0.15) is 0 Å². The summed E-state index contributed by atoms with van der Waals surface area (Å²) in [7, 11) is -3.70. The van der Waals surface area contributed by atoms with Crippen molar-refractivity contribution in [3.8, 4) is 0 Å². The Morgan fingerprint density at radius 3 is 2.50 bits per heavy atom. The second-order valence-corrected chi connectivity index (χ2v) is 8.34. The van der Waals surface area contributed by atoms with Gasteiger partial charge in [0.1, 0.15) is 0 Å². The molecule has 1 atom stereocenters. The molecule has 0 unspecified atom stereocenters. The highest BCUT2D eigenvalue weighted by Crippen LogP contribution is 2.29. The van der Waals surface area contributed by atoms with E-state index in [9.17, 15) is 18.0 Å². The van der Waals surface area contributed by atoms with Crippen molar-refractivity contribution in [2.75, 3.05) is 10.1 Å². The van der Waals surface area contributed by atoms with Gasteiger partial charge in [-0.1, -0.05) is 41.9 Å². The smallest absolute Gasteiger partial charge is 0.253 e. The van der Waals surface area contributed by atoms with Crippen molar-refractivity contribution < 1.29 is 18.0 Å². The minimum Gasteiger partial charge on any atom is -0.345 e. The molecule has 8 heteroatoms. The van der Waals surface area contributed by atoms with E-state index in [-0.39, 0.29) is 34.5 Å². The number of benzene rings is 2. The average Bonchev–Trinajstić information content (AvgIpc) is 2.89. The Kier molecular flexibility index (Phi) is 5.02. The summed E-state index contributed by atoms with van der Waals surface area (Å²) in [6, 6.07) is 13.3. The molecule has 0 saturated carbocycles. The van der Waals surface area contributed by atoms with Crippen LogP contribution in [0.2, 0.25) is 5.02 Å². The Morgan fingerprint density at radius 1 is 1.19 bits per heavy atom. The molecule has 2 aromatic rings. The molecule has 2 aromatic carbocycles. The average molecular weight is 393 g/mol. The second-order valence-electron chi connectivity index (χ2n) is 5.99. The van der Waals surface area contributed by atoms with Gasteiger partial charge in [-0.15, -0.1) is 0 Å². The fourth-order valence-corrected chi connectivity index (χ4v) is 4.44. The van der Waals surface area contributed by atoms with Gasteiger partial charge in [0.05, 0.1) is 28.1 Å². The summed E-state index contributed by atoms with van der Waals surface area (Å²) in [5, 5.41) is 3.00. The molecule has 1 fully saturated rings. The lowest BCUT2D eigenvalue weighted by Gasteiger charge is -2.18. The molecule has 1 aliphatic heterocycles. The van der Waals surface area contributed by atoms with E-state index in [0.29, 0.717) is 0 Å². The van der Waals surface area contributed by atoms with Gasteiger partial charge in [0.25, 0.3) is 5.91 Å². The van der Waals surface area contributed by atoms with Crippen LogP contribution in [-0.4, -0.2) is 26.0 Å². The third-order valence-electron chi connectivity index (χ3n) is 4.15. The van der Waals surface area contributed by atoms with Gasteiger partial charge in [-0.25, -0.2) is 12.7 Å². The Balaban J connectivity index is 1.88. The monoisotopic (exact) mass is 392 g/mol. The molecule has 1 saturated heterocycles. The van der Waals surface area contributed by atoms with E-state index in [1.807, 2.05) is 37.3 Å². The van der Waals surface area contributed by atoms with E-state index in [1.54, 1.807) is 0 Å². The van der Waals surface area contributed by atoms with Crippen molar-refractivity contribution >= 4 is 39.1 Å². The third-order valence-corrected chi connectivity index (χ3v) is 6.18. The van der Waals surface area contributed by atoms with E-state index in [4.69, 9.17) is 11.6 Å². The van der Waals surface area contributed by atoms with Crippen LogP contribution < -0.4 is 9.62 Å². The topological polar surface area (TPSA) is 83.6 Å². The zero-order valence-corrected chi connectivity index (χ0v) is 15.5. The summed E-state index contributed by atoms with van der Waals surface area (Å²) in [6.07, 6.45) is -0.0719. The molecule has 3 rings (SSSR count). The number of rotatable bonds is 4. The number of sulfonamides is 1. The molecule has 0 radical (unpaired) electrons. The number of nitrogens with one attached hydrogen (secondary N) is 1. The number of carbonyl (C=O) groups excluding carboxylic acids is 2. The van der Waals surface area contributed by atoms with E-state index in [1.165, 1.54) is 18.2 Å². The lowest BCUT2D eigenvalue weighted by atomic mass is 10.1. The van der Waals surface area contributed by atoms with Gasteiger partial charge < -0.3 is 5.32 Å². The largest absolute Gasteiger partial charge is 0.345 e. The summed E-state index contributed by atoms with van der Waals surface area (Å²) in [4.78, 5) is 24.5. The first-order valence-electron chi connectivity index (χ1n) is 8.01. The van der Waals surface area contributed by atoms with Crippen LogP contribution in [0.3, 0.4) is 0 Å². The van der Waals surface area contributed by atoms with Gasteiger partial charge in [0, 0.05) is 6.42 Å². The fourth-order valence-electron chi connectivity index (χ4n) is 2.78. The van der Waals surface area contributed by atoms with Crippen molar-refractivity contribution in [1.29, 1.82) is 0 Å². The normalized spacial score (nSPS) is 17.2. The van der Waals surface area contributed by atoms with E-state index >= 15 is 0 Å². The summed E-state index contributed by atoms with van der Waals surface area (Å²) < 4.78 is 24.9. The first-order chi connectivity index (χ1) is 12.3. The number of halogens is 1. The second kappa shape index (κ2) is 7.09. The van der Waals surface area contributed by atoms with Crippen molar-refractivity contribution in [2.24, 2.45) is 0 Å². The van der Waals surface area contributed by atoms with Gasteiger partial charge in [-0.05, 0) is 30.7 Å². The molecule has 2 amide bonds. The first kappa shape index (κ1) is 18.4. The lowest BCUT2D eigenvalue weighted by Crippen LogP contribution is -2.30. The zero-order chi connectivity index (χ0) is 18.9. The third kappa shape index (κ3) is 3.59. The quantitative estimate of drug-likeness (QED) is 0.867. The molecule has 1 heterocycles. The van der Waals surface area contributed by atoms with Crippen molar-refractivity contribution in [1.82, 2.24) is 5.32 Å². The van der Waals surface area contributed by atoms with E-state index < -0.39 is 21.8 Å². The highest BCUT2D eigenvalue weighted by Gasteiger charge is 2.36. The van der Waals surface area contributed by atoms with Crippen LogP contribution in [0.15, 0.2) is 48.5 Å². The number of anilines is 1. The zero-order valence-electron chi connectivity index (χ0n) is 14.0. The maximum absolute atomic E-state index is 12.6. The number of nitrogens with zero attached hydrogens (tertiary/aromatic N) is 1.